The van der Waals surface area contributed by atoms with Gasteiger partial charge in [-0.3, -0.25) is 9.59 Å². The molecule has 8 heteroatoms. The second-order valence-corrected chi connectivity index (χ2v) is 9.47. The van der Waals surface area contributed by atoms with Crippen LogP contribution in [0.5, 0.6) is 0 Å². The van der Waals surface area contributed by atoms with Crippen LogP contribution in [0.25, 0.3) is 11.1 Å². The quantitative estimate of drug-likeness (QED) is 0.524. The molecule has 6 rings (SSSR count). The van der Waals surface area contributed by atoms with Gasteiger partial charge in [0.05, 0.1) is 17.0 Å². The Hall–Kier alpha value is -4.46. The van der Waals surface area contributed by atoms with Crippen molar-refractivity contribution in [2.24, 2.45) is 5.92 Å². The van der Waals surface area contributed by atoms with Gasteiger partial charge in [0.1, 0.15) is 6.61 Å². The van der Waals surface area contributed by atoms with E-state index in [-0.39, 0.29) is 23.7 Å². The third-order valence-corrected chi connectivity index (χ3v) is 7.40. The lowest BCUT2D eigenvalue weighted by Gasteiger charge is -2.22. The Bertz CT molecular complexity index is 1350. The van der Waals surface area contributed by atoms with Crippen molar-refractivity contribution in [3.63, 3.8) is 0 Å². The first-order valence-electron chi connectivity index (χ1n) is 12.3. The van der Waals surface area contributed by atoms with Crippen molar-refractivity contribution in [1.29, 1.82) is 0 Å². The monoisotopic (exact) mass is 496 g/mol. The molecule has 0 unspecified atom stereocenters. The summed E-state index contributed by atoms with van der Waals surface area (Å²) >= 11 is 0. The lowest BCUT2D eigenvalue weighted by atomic mass is 9.98. The molecule has 1 heterocycles. The van der Waals surface area contributed by atoms with Crippen LogP contribution >= 0.6 is 0 Å². The van der Waals surface area contributed by atoms with Crippen molar-refractivity contribution in [3.8, 4) is 11.1 Å². The van der Waals surface area contributed by atoms with Crippen molar-refractivity contribution in [2.45, 2.75) is 31.2 Å². The summed E-state index contributed by atoms with van der Waals surface area (Å²) in [5.74, 6) is -2.84. The second kappa shape index (κ2) is 9.20. The summed E-state index contributed by atoms with van der Waals surface area (Å²) in [5, 5.41) is 3.31. The van der Waals surface area contributed by atoms with Gasteiger partial charge in [0.2, 0.25) is 0 Å². The lowest BCUT2D eigenvalue weighted by molar-refractivity contribution is -0.174. The molecule has 8 nitrogen and oxygen atoms in total. The van der Waals surface area contributed by atoms with E-state index in [2.05, 4.69) is 17.4 Å². The fourth-order valence-corrected chi connectivity index (χ4v) is 5.61. The highest BCUT2D eigenvalue weighted by Gasteiger charge is 2.42. The van der Waals surface area contributed by atoms with E-state index in [1.165, 1.54) is 12.1 Å². The molecule has 3 aromatic carbocycles. The van der Waals surface area contributed by atoms with Gasteiger partial charge < -0.3 is 14.9 Å². The Morgan fingerprint density at radius 2 is 1.32 bits per heavy atom. The normalized spacial score (nSPS) is 19.8. The van der Waals surface area contributed by atoms with Gasteiger partial charge in [-0.15, -0.1) is 0 Å². The van der Waals surface area contributed by atoms with Crippen LogP contribution in [0.2, 0.25) is 0 Å². The van der Waals surface area contributed by atoms with Crippen molar-refractivity contribution >= 4 is 23.9 Å². The third kappa shape index (κ3) is 3.94. The first-order valence-corrected chi connectivity index (χ1v) is 12.3. The van der Waals surface area contributed by atoms with Crippen LogP contribution in [0.15, 0.2) is 72.8 Å². The number of fused-ring (bicyclic) bond motifs is 4. The topological polar surface area (TPSA) is 102 Å². The average Bonchev–Trinajstić information content (AvgIpc) is 3.58. The van der Waals surface area contributed by atoms with E-state index in [4.69, 9.17) is 9.57 Å². The largest absolute Gasteiger partial charge is 0.449 e. The number of carbonyl (C=O) groups is 4. The number of ether oxygens (including phenoxy) is 1. The summed E-state index contributed by atoms with van der Waals surface area (Å²) in [6, 6.07) is 21.9. The minimum atomic E-state index is -0.726. The number of rotatable bonds is 5. The number of hydrogen-bond donors (Lipinski definition) is 1. The number of benzene rings is 3. The molecule has 1 saturated carbocycles. The molecule has 2 atom stereocenters. The molecule has 0 spiro atoms. The zero-order chi connectivity index (χ0) is 25.5. The van der Waals surface area contributed by atoms with E-state index >= 15 is 0 Å². The number of hydroxylamine groups is 2. The van der Waals surface area contributed by atoms with Crippen LogP contribution in [-0.2, 0) is 14.4 Å². The summed E-state index contributed by atoms with van der Waals surface area (Å²) < 4.78 is 5.62. The number of amides is 3. The molecule has 186 valence electrons. The van der Waals surface area contributed by atoms with E-state index in [1.807, 2.05) is 36.4 Å². The fraction of sp³-hybridized carbons (Fsp3) is 0.241. The Balaban J connectivity index is 1.08. The molecule has 3 amide bonds. The van der Waals surface area contributed by atoms with Crippen LogP contribution < -0.4 is 5.32 Å². The molecule has 2 aliphatic carbocycles. The lowest BCUT2D eigenvalue weighted by Crippen LogP contribution is -2.43. The zero-order valence-electron chi connectivity index (χ0n) is 19.9. The minimum absolute atomic E-state index is 0.0729. The highest BCUT2D eigenvalue weighted by molar-refractivity contribution is 6.20. The molecule has 0 saturated heterocycles. The van der Waals surface area contributed by atoms with Crippen LogP contribution in [0.4, 0.5) is 4.79 Å². The number of carbonyl (C=O) groups excluding carboxylic acids is 4. The van der Waals surface area contributed by atoms with Crippen LogP contribution in [-0.4, -0.2) is 41.6 Å². The number of nitrogens with zero attached hydrogens (tertiary/aromatic N) is 1. The van der Waals surface area contributed by atoms with E-state index < -0.39 is 35.8 Å². The summed E-state index contributed by atoms with van der Waals surface area (Å²) in [7, 11) is 0. The van der Waals surface area contributed by atoms with Gasteiger partial charge in [-0.25, -0.2) is 9.59 Å². The van der Waals surface area contributed by atoms with E-state index in [1.54, 1.807) is 12.1 Å². The molecule has 1 fully saturated rings. The molecule has 37 heavy (non-hydrogen) atoms. The zero-order valence-corrected chi connectivity index (χ0v) is 19.9. The maximum Gasteiger partial charge on any atom is 0.407 e. The van der Waals surface area contributed by atoms with Crippen molar-refractivity contribution in [3.05, 3.63) is 95.1 Å². The molecule has 0 aromatic heterocycles. The average molecular weight is 497 g/mol. The van der Waals surface area contributed by atoms with Crippen molar-refractivity contribution < 1.29 is 28.8 Å². The molecule has 3 aromatic rings. The van der Waals surface area contributed by atoms with Gasteiger partial charge in [0, 0.05) is 12.0 Å². The van der Waals surface area contributed by atoms with E-state index in [0.717, 1.165) is 22.3 Å². The SMILES string of the molecule is O=C(N[C@H]1CCC[C@H]1C(=O)ON1C(=O)c2ccccc2C1=O)OCC1c2ccccc2-c2ccccc21. The van der Waals surface area contributed by atoms with Crippen LogP contribution in [0, 0.1) is 5.92 Å². The summed E-state index contributed by atoms with van der Waals surface area (Å²) in [6.45, 7) is 0.163. The smallest absolute Gasteiger partial charge is 0.407 e. The molecule has 1 N–H and O–H groups in total. The highest BCUT2D eigenvalue weighted by Crippen LogP contribution is 2.44. The minimum Gasteiger partial charge on any atom is -0.449 e. The molecule has 3 aliphatic rings. The Kier molecular flexibility index (Phi) is 5.71. The maximum absolute atomic E-state index is 12.9. The first kappa shape index (κ1) is 23.0. The van der Waals surface area contributed by atoms with Gasteiger partial charge in [-0.05, 0) is 47.2 Å². The van der Waals surface area contributed by atoms with E-state index in [0.29, 0.717) is 24.3 Å². The maximum atomic E-state index is 12.9. The standard InChI is InChI=1S/C29H24N2O6/c32-26-21-12-5-6-13-22(21)27(33)31(26)37-28(34)23-14-7-15-25(23)30-29(35)36-16-24-19-10-3-1-8-17(19)18-9-2-4-11-20(18)24/h1-6,8-13,23-25H,7,14-16H2,(H,30,35)/t23-,25+/m1/s1. The molecular weight excluding hydrogens is 472 g/mol. The molecule has 0 radical (unpaired) electrons. The van der Waals surface area contributed by atoms with Gasteiger partial charge in [-0.2, -0.15) is 0 Å². The highest BCUT2D eigenvalue weighted by atomic mass is 16.7. The van der Waals surface area contributed by atoms with Crippen LogP contribution in [0.1, 0.15) is 57.0 Å². The molecule has 1 aliphatic heterocycles. The number of imide groups is 1. The van der Waals surface area contributed by atoms with Gasteiger partial charge in [0.25, 0.3) is 11.8 Å². The first-order chi connectivity index (χ1) is 18.0. The van der Waals surface area contributed by atoms with Gasteiger partial charge in [0.15, 0.2) is 0 Å². The fourth-order valence-electron chi connectivity index (χ4n) is 5.61. The van der Waals surface area contributed by atoms with Gasteiger partial charge >= 0.3 is 12.1 Å². The van der Waals surface area contributed by atoms with Crippen molar-refractivity contribution in [2.75, 3.05) is 6.61 Å². The molecular formula is C29H24N2O6. The third-order valence-electron chi connectivity index (χ3n) is 7.40. The van der Waals surface area contributed by atoms with Crippen molar-refractivity contribution in [1.82, 2.24) is 10.4 Å². The predicted molar refractivity (Wildman–Crippen MR) is 132 cm³/mol. The number of nitrogens with one attached hydrogen (secondary N) is 1. The predicted octanol–water partition coefficient (Wildman–Crippen LogP) is 4.45. The Labute approximate surface area is 213 Å². The Morgan fingerprint density at radius 3 is 1.92 bits per heavy atom. The van der Waals surface area contributed by atoms with E-state index in [9.17, 15) is 19.2 Å². The van der Waals surface area contributed by atoms with Gasteiger partial charge in [-0.1, -0.05) is 72.1 Å². The number of hydrogen-bond acceptors (Lipinski definition) is 6. The molecule has 0 bridgehead atoms. The second-order valence-electron chi connectivity index (χ2n) is 9.47. The Morgan fingerprint density at radius 1 is 0.784 bits per heavy atom. The summed E-state index contributed by atoms with van der Waals surface area (Å²) in [6.07, 6.45) is 1.10. The number of alkyl carbamates (subject to hydrolysis) is 1. The summed E-state index contributed by atoms with van der Waals surface area (Å²) in [4.78, 5) is 56.0. The summed E-state index contributed by atoms with van der Waals surface area (Å²) in [5.41, 5.74) is 4.89. The van der Waals surface area contributed by atoms with Crippen LogP contribution in [0.3, 0.4) is 0 Å².